The molecule has 3 N–H and O–H groups in total. The van der Waals surface area contributed by atoms with Gasteiger partial charge in [-0.1, -0.05) is 19.8 Å². The molecule has 106 valence electrons. The molecule has 0 aromatic carbocycles. The summed E-state index contributed by atoms with van der Waals surface area (Å²) in [6.45, 7) is 8.04. The third-order valence-electron chi connectivity index (χ3n) is 5.07. The molecule has 0 aromatic heterocycles. The predicted octanol–water partition coefficient (Wildman–Crippen LogP) is 1.83. The zero-order valence-corrected chi connectivity index (χ0v) is 12.0. The molecule has 2 fully saturated rings. The molecule has 3 nitrogen and oxygen atoms in total. The first kappa shape index (κ1) is 14.3. The van der Waals surface area contributed by atoms with E-state index in [4.69, 9.17) is 5.73 Å². The lowest BCUT2D eigenvalue weighted by Gasteiger charge is -2.35. The number of nitrogens with two attached hydrogens (primary N) is 1. The molecular formula is C15H31N3. The Morgan fingerprint density at radius 1 is 1.17 bits per heavy atom. The number of nitrogens with zero attached hydrogens (tertiary/aromatic N) is 1. The number of piperidine rings is 1. The van der Waals surface area contributed by atoms with Crippen LogP contribution >= 0.6 is 0 Å². The summed E-state index contributed by atoms with van der Waals surface area (Å²) in [7, 11) is 0. The van der Waals surface area contributed by atoms with E-state index >= 15 is 0 Å². The molecule has 3 heteroatoms. The summed E-state index contributed by atoms with van der Waals surface area (Å²) in [5.41, 5.74) is 6.00. The third kappa shape index (κ3) is 3.94. The van der Waals surface area contributed by atoms with Crippen molar-refractivity contribution >= 4 is 0 Å². The first-order chi connectivity index (χ1) is 8.83. The molecule has 1 aliphatic heterocycles. The van der Waals surface area contributed by atoms with Crippen molar-refractivity contribution in [3.8, 4) is 0 Å². The molecule has 0 radical (unpaired) electrons. The minimum absolute atomic E-state index is 0.699. The van der Waals surface area contributed by atoms with Gasteiger partial charge in [0.05, 0.1) is 0 Å². The number of hydrogen-bond donors (Lipinski definition) is 2. The van der Waals surface area contributed by atoms with Gasteiger partial charge in [-0.15, -0.1) is 0 Å². The van der Waals surface area contributed by atoms with Gasteiger partial charge in [-0.25, -0.2) is 0 Å². The lowest BCUT2D eigenvalue weighted by Crippen LogP contribution is -2.42. The van der Waals surface area contributed by atoms with Gasteiger partial charge >= 0.3 is 0 Å². The molecule has 1 saturated carbocycles. The van der Waals surface area contributed by atoms with Crippen LogP contribution in [0.4, 0.5) is 0 Å². The number of nitrogens with one attached hydrogen (secondary N) is 1. The van der Waals surface area contributed by atoms with Gasteiger partial charge < -0.3 is 16.0 Å². The highest BCUT2D eigenvalue weighted by molar-refractivity contribution is 4.82. The van der Waals surface area contributed by atoms with Crippen LogP contribution < -0.4 is 11.1 Å². The van der Waals surface area contributed by atoms with Crippen LogP contribution in [0.25, 0.3) is 0 Å². The van der Waals surface area contributed by atoms with Crippen molar-refractivity contribution in [2.24, 2.45) is 17.6 Å². The van der Waals surface area contributed by atoms with Crippen LogP contribution in [0.2, 0.25) is 0 Å². The van der Waals surface area contributed by atoms with E-state index in [0.717, 1.165) is 25.0 Å². The summed E-state index contributed by atoms with van der Waals surface area (Å²) in [5, 5.41) is 3.76. The quantitative estimate of drug-likeness (QED) is 0.759. The van der Waals surface area contributed by atoms with E-state index in [9.17, 15) is 0 Å². The van der Waals surface area contributed by atoms with E-state index in [1.807, 2.05) is 0 Å². The molecule has 1 atom stereocenters. The van der Waals surface area contributed by atoms with Gasteiger partial charge in [0.2, 0.25) is 0 Å². The topological polar surface area (TPSA) is 41.3 Å². The van der Waals surface area contributed by atoms with E-state index in [2.05, 4.69) is 17.1 Å². The lowest BCUT2D eigenvalue weighted by atomic mass is 9.84. The smallest absolute Gasteiger partial charge is 0.00671 e. The Balaban J connectivity index is 1.70. The largest absolute Gasteiger partial charge is 0.330 e. The third-order valence-corrected chi connectivity index (χ3v) is 5.07. The summed E-state index contributed by atoms with van der Waals surface area (Å²) in [6, 6.07) is 0.787. The van der Waals surface area contributed by atoms with Crippen LogP contribution in [0.15, 0.2) is 0 Å². The molecule has 18 heavy (non-hydrogen) atoms. The Labute approximate surface area is 112 Å². The van der Waals surface area contributed by atoms with E-state index in [0.29, 0.717) is 5.92 Å². The first-order valence-electron chi connectivity index (χ1n) is 7.99. The maximum atomic E-state index is 6.00. The van der Waals surface area contributed by atoms with Crippen molar-refractivity contribution in [2.45, 2.75) is 51.5 Å². The minimum atomic E-state index is 0.699. The summed E-state index contributed by atoms with van der Waals surface area (Å²) in [4.78, 5) is 2.56. The standard InChI is InChI=1S/C15H31N3/c1-2-18-9-7-13(8-10-18)14(11-16)12-17-15-5-3-4-6-15/h13-15,17H,2-12,16H2,1H3. The molecule has 0 bridgehead atoms. The first-order valence-corrected chi connectivity index (χ1v) is 7.99. The minimum Gasteiger partial charge on any atom is -0.330 e. The highest BCUT2D eigenvalue weighted by atomic mass is 15.1. The SMILES string of the molecule is CCN1CCC(C(CN)CNC2CCCC2)CC1. The van der Waals surface area contributed by atoms with Crippen molar-refractivity contribution in [3.05, 3.63) is 0 Å². The highest BCUT2D eigenvalue weighted by Crippen LogP contribution is 2.25. The van der Waals surface area contributed by atoms with E-state index in [1.54, 1.807) is 0 Å². The van der Waals surface area contributed by atoms with Crippen LogP contribution in [-0.4, -0.2) is 43.7 Å². The van der Waals surface area contributed by atoms with Gasteiger partial charge in [-0.05, 0) is 70.2 Å². The molecule has 0 amide bonds. The Morgan fingerprint density at radius 2 is 1.83 bits per heavy atom. The zero-order chi connectivity index (χ0) is 12.8. The lowest BCUT2D eigenvalue weighted by molar-refractivity contribution is 0.151. The van der Waals surface area contributed by atoms with Crippen LogP contribution in [0.1, 0.15) is 45.4 Å². The van der Waals surface area contributed by atoms with E-state index in [1.165, 1.54) is 58.2 Å². The molecule has 2 aliphatic rings. The molecule has 2 rings (SSSR count). The fraction of sp³-hybridized carbons (Fsp3) is 1.00. The van der Waals surface area contributed by atoms with Crippen molar-refractivity contribution in [3.63, 3.8) is 0 Å². The molecule has 1 heterocycles. The average Bonchev–Trinajstić information content (AvgIpc) is 2.93. The summed E-state index contributed by atoms with van der Waals surface area (Å²) < 4.78 is 0. The second-order valence-corrected chi connectivity index (χ2v) is 6.16. The highest BCUT2D eigenvalue weighted by Gasteiger charge is 2.26. The van der Waals surface area contributed by atoms with Crippen molar-refractivity contribution < 1.29 is 0 Å². The van der Waals surface area contributed by atoms with Crippen molar-refractivity contribution in [1.82, 2.24) is 10.2 Å². The Kier molecular flexibility index (Phi) is 5.93. The van der Waals surface area contributed by atoms with E-state index in [-0.39, 0.29) is 0 Å². The van der Waals surface area contributed by atoms with Crippen molar-refractivity contribution in [2.75, 3.05) is 32.7 Å². The molecule has 0 aromatic rings. The number of rotatable bonds is 6. The van der Waals surface area contributed by atoms with Gasteiger partial charge in [-0.3, -0.25) is 0 Å². The fourth-order valence-electron chi connectivity index (χ4n) is 3.63. The Morgan fingerprint density at radius 3 is 2.39 bits per heavy atom. The van der Waals surface area contributed by atoms with Gasteiger partial charge in [0.25, 0.3) is 0 Å². The van der Waals surface area contributed by atoms with Gasteiger partial charge in [0.1, 0.15) is 0 Å². The number of likely N-dealkylation sites (tertiary alicyclic amines) is 1. The van der Waals surface area contributed by atoms with Gasteiger partial charge in [0, 0.05) is 6.04 Å². The average molecular weight is 253 g/mol. The normalized spacial score (nSPS) is 25.7. The van der Waals surface area contributed by atoms with Crippen LogP contribution in [0, 0.1) is 11.8 Å². The Bertz CT molecular complexity index is 218. The van der Waals surface area contributed by atoms with Crippen molar-refractivity contribution in [1.29, 1.82) is 0 Å². The summed E-state index contributed by atoms with van der Waals surface area (Å²) in [6.07, 6.45) is 8.29. The molecule has 1 unspecified atom stereocenters. The molecular weight excluding hydrogens is 222 g/mol. The van der Waals surface area contributed by atoms with E-state index < -0.39 is 0 Å². The summed E-state index contributed by atoms with van der Waals surface area (Å²) >= 11 is 0. The molecule has 1 aliphatic carbocycles. The fourth-order valence-corrected chi connectivity index (χ4v) is 3.63. The number of hydrogen-bond acceptors (Lipinski definition) is 3. The predicted molar refractivity (Wildman–Crippen MR) is 77.6 cm³/mol. The monoisotopic (exact) mass is 253 g/mol. The second kappa shape index (κ2) is 7.46. The maximum absolute atomic E-state index is 6.00. The van der Waals surface area contributed by atoms with Gasteiger partial charge in [-0.2, -0.15) is 0 Å². The summed E-state index contributed by atoms with van der Waals surface area (Å²) in [5.74, 6) is 1.55. The molecule has 0 spiro atoms. The zero-order valence-electron chi connectivity index (χ0n) is 12.0. The molecule has 1 saturated heterocycles. The van der Waals surface area contributed by atoms with Gasteiger partial charge in [0.15, 0.2) is 0 Å². The maximum Gasteiger partial charge on any atom is 0.00671 e. The Hall–Kier alpha value is -0.120. The van der Waals surface area contributed by atoms with Crippen LogP contribution in [-0.2, 0) is 0 Å². The van der Waals surface area contributed by atoms with Crippen LogP contribution in [0.5, 0.6) is 0 Å². The van der Waals surface area contributed by atoms with Crippen LogP contribution in [0.3, 0.4) is 0 Å². The second-order valence-electron chi connectivity index (χ2n) is 6.16.